The largest absolute Gasteiger partial charge is 0.452 e. The first-order valence-corrected chi connectivity index (χ1v) is 11.0. The van der Waals surface area contributed by atoms with Crippen molar-refractivity contribution in [2.24, 2.45) is 5.92 Å². The first-order chi connectivity index (χ1) is 16.7. The zero-order valence-electron chi connectivity index (χ0n) is 18.8. The molecule has 35 heavy (non-hydrogen) atoms. The monoisotopic (exact) mass is 488 g/mol. The summed E-state index contributed by atoms with van der Waals surface area (Å²) in [5.41, 5.74) is -0.00367. The molecule has 2 amide bonds. The maximum Gasteiger partial charge on any atom is 0.416 e. The van der Waals surface area contributed by atoms with Gasteiger partial charge in [0, 0.05) is 24.3 Å². The number of hydrogen-bond donors (Lipinski definition) is 1. The highest BCUT2D eigenvalue weighted by molar-refractivity contribution is 5.89. The number of carbonyl (C=O) groups excluding carboxylic acids is 2. The van der Waals surface area contributed by atoms with E-state index in [1.54, 1.807) is 24.0 Å². The Morgan fingerprint density at radius 2 is 1.83 bits per heavy atom. The fraction of sp³-hybridized carbons (Fsp3) is 0.333. The van der Waals surface area contributed by atoms with Crippen LogP contribution in [0.2, 0.25) is 0 Å². The van der Waals surface area contributed by atoms with E-state index in [0.29, 0.717) is 31.6 Å². The maximum atomic E-state index is 13.0. The van der Waals surface area contributed by atoms with E-state index in [0.717, 1.165) is 12.1 Å². The highest BCUT2D eigenvalue weighted by Crippen LogP contribution is 2.32. The Labute approximate surface area is 199 Å². The molecule has 11 heteroatoms. The number of carbonyl (C=O) groups is 2. The lowest BCUT2D eigenvalue weighted by Gasteiger charge is -2.31. The van der Waals surface area contributed by atoms with Crippen molar-refractivity contribution in [2.75, 3.05) is 18.4 Å². The minimum atomic E-state index is -4.50. The predicted molar refractivity (Wildman–Crippen MR) is 119 cm³/mol. The van der Waals surface area contributed by atoms with Crippen LogP contribution >= 0.6 is 0 Å². The third kappa shape index (κ3) is 5.97. The van der Waals surface area contributed by atoms with E-state index in [-0.39, 0.29) is 23.3 Å². The number of para-hydroxylation sites is 1. The summed E-state index contributed by atoms with van der Waals surface area (Å²) in [7, 11) is 0. The van der Waals surface area contributed by atoms with Gasteiger partial charge in [-0.1, -0.05) is 35.5 Å². The molecule has 0 aliphatic carbocycles. The van der Waals surface area contributed by atoms with Crippen LogP contribution in [0.3, 0.4) is 0 Å². The average Bonchev–Trinajstić information content (AvgIpc) is 3.35. The molecular formula is C24H23F3N4O4. The van der Waals surface area contributed by atoms with Gasteiger partial charge in [0.15, 0.2) is 6.10 Å². The van der Waals surface area contributed by atoms with E-state index in [1.807, 2.05) is 18.2 Å². The van der Waals surface area contributed by atoms with Crippen molar-refractivity contribution in [2.45, 2.75) is 32.0 Å². The number of esters is 1. The number of piperidine rings is 1. The van der Waals surface area contributed by atoms with E-state index in [4.69, 9.17) is 9.26 Å². The van der Waals surface area contributed by atoms with Gasteiger partial charge < -0.3 is 19.5 Å². The van der Waals surface area contributed by atoms with Crippen LogP contribution in [0.15, 0.2) is 59.1 Å². The fourth-order valence-electron chi connectivity index (χ4n) is 3.72. The maximum absolute atomic E-state index is 13.0. The number of hydrogen-bond acceptors (Lipinski definition) is 6. The van der Waals surface area contributed by atoms with Gasteiger partial charge in [-0.2, -0.15) is 18.2 Å². The second kappa shape index (κ2) is 10.2. The Bertz CT molecular complexity index is 1170. The molecule has 0 saturated carbocycles. The molecule has 1 saturated heterocycles. The van der Waals surface area contributed by atoms with Crippen molar-refractivity contribution < 1.29 is 32.0 Å². The minimum absolute atomic E-state index is 0.0227. The Balaban J connectivity index is 1.30. The molecule has 4 rings (SSSR count). The predicted octanol–water partition coefficient (Wildman–Crippen LogP) is 5.30. The van der Waals surface area contributed by atoms with Gasteiger partial charge in [0.25, 0.3) is 5.89 Å². The van der Waals surface area contributed by atoms with Crippen molar-refractivity contribution in [3.63, 3.8) is 0 Å². The molecule has 1 fully saturated rings. The Morgan fingerprint density at radius 3 is 2.51 bits per heavy atom. The van der Waals surface area contributed by atoms with E-state index in [2.05, 4.69) is 15.5 Å². The number of urea groups is 1. The van der Waals surface area contributed by atoms with Crippen LogP contribution in [0.4, 0.5) is 23.7 Å². The molecule has 0 radical (unpaired) electrons. The molecule has 3 aromatic rings. The van der Waals surface area contributed by atoms with Crippen LogP contribution in [0.25, 0.3) is 11.4 Å². The standard InChI is InChI=1S/C24H23F3N4O4/c1-15(21-29-20(30-35-21)17-6-5-7-18(14-17)24(25,26)27)34-22(32)16-10-12-31(13-11-16)23(33)28-19-8-3-2-4-9-19/h2-9,14-16H,10-13H2,1H3,(H,28,33). The van der Waals surface area contributed by atoms with Crippen molar-refractivity contribution in [3.05, 3.63) is 66.1 Å². The molecule has 0 spiro atoms. The zero-order valence-corrected chi connectivity index (χ0v) is 18.8. The zero-order chi connectivity index (χ0) is 25.0. The van der Waals surface area contributed by atoms with Gasteiger partial charge in [-0.25, -0.2) is 4.79 Å². The number of halogens is 3. The second-order valence-electron chi connectivity index (χ2n) is 8.17. The summed E-state index contributed by atoms with van der Waals surface area (Å²) in [6, 6.07) is 13.4. The van der Waals surface area contributed by atoms with E-state index >= 15 is 0 Å². The summed E-state index contributed by atoms with van der Waals surface area (Å²) >= 11 is 0. The molecule has 2 aromatic carbocycles. The van der Waals surface area contributed by atoms with Gasteiger partial charge in [0.2, 0.25) is 5.82 Å². The summed E-state index contributed by atoms with van der Waals surface area (Å²) < 4.78 is 49.4. The van der Waals surface area contributed by atoms with Gasteiger partial charge in [-0.05, 0) is 44.0 Å². The van der Waals surface area contributed by atoms with E-state index in [9.17, 15) is 22.8 Å². The van der Waals surface area contributed by atoms with Crippen LogP contribution < -0.4 is 5.32 Å². The topological polar surface area (TPSA) is 97.6 Å². The summed E-state index contributed by atoms with van der Waals surface area (Å²) in [6.45, 7) is 2.34. The van der Waals surface area contributed by atoms with Crippen LogP contribution in [0.1, 0.15) is 37.3 Å². The molecule has 1 aliphatic heterocycles. The third-order valence-corrected chi connectivity index (χ3v) is 5.67. The lowest BCUT2D eigenvalue weighted by atomic mass is 9.97. The Kier molecular flexibility index (Phi) is 7.04. The molecule has 1 aromatic heterocycles. The molecule has 8 nitrogen and oxygen atoms in total. The number of aromatic nitrogens is 2. The van der Waals surface area contributed by atoms with Crippen molar-refractivity contribution >= 4 is 17.7 Å². The minimum Gasteiger partial charge on any atom is -0.452 e. The number of amides is 2. The van der Waals surface area contributed by atoms with Crippen LogP contribution in [0, 0.1) is 5.92 Å². The van der Waals surface area contributed by atoms with E-state index < -0.39 is 29.7 Å². The van der Waals surface area contributed by atoms with Crippen molar-refractivity contribution in [3.8, 4) is 11.4 Å². The molecule has 1 N–H and O–H groups in total. The number of ether oxygens (including phenoxy) is 1. The lowest BCUT2D eigenvalue weighted by Crippen LogP contribution is -2.42. The first-order valence-electron chi connectivity index (χ1n) is 11.0. The summed E-state index contributed by atoms with van der Waals surface area (Å²) in [6.07, 6.45) is -4.50. The fourth-order valence-corrected chi connectivity index (χ4v) is 3.72. The van der Waals surface area contributed by atoms with Gasteiger partial charge in [0.1, 0.15) is 0 Å². The molecule has 1 aliphatic rings. The number of anilines is 1. The van der Waals surface area contributed by atoms with Crippen LogP contribution in [0.5, 0.6) is 0 Å². The Hall–Kier alpha value is -3.89. The van der Waals surface area contributed by atoms with Crippen molar-refractivity contribution in [1.29, 1.82) is 0 Å². The number of alkyl halides is 3. The molecule has 1 atom stereocenters. The highest BCUT2D eigenvalue weighted by Gasteiger charge is 2.32. The van der Waals surface area contributed by atoms with Crippen molar-refractivity contribution in [1.82, 2.24) is 15.0 Å². The number of nitrogens with one attached hydrogen (secondary N) is 1. The number of likely N-dealkylation sites (tertiary alicyclic amines) is 1. The van der Waals surface area contributed by atoms with Gasteiger partial charge in [-0.15, -0.1) is 0 Å². The second-order valence-corrected chi connectivity index (χ2v) is 8.17. The first kappa shape index (κ1) is 24.2. The van der Waals surface area contributed by atoms with Crippen LogP contribution in [-0.4, -0.2) is 40.1 Å². The van der Waals surface area contributed by atoms with Gasteiger partial charge >= 0.3 is 18.2 Å². The number of rotatable bonds is 5. The number of nitrogens with zero attached hydrogens (tertiary/aromatic N) is 3. The van der Waals surface area contributed by atoms with E-state index in [1.165, 1.54) is 12.1 Å². The molecule has 1 unspecified atom stereocenters. The number of benzene rings is 2. The summed E-state index contributed by atoms with van der Waals surface area (Å²) in [5, 5.41) is 6.54. The third-order valence-electron chi connectivity index (χ3n) is 5.67. The summed E-state index contributed by atoms with van der Waals surface area (Å²) in [5.74, 6) is -0.916. The molecular weight excluding hydrogens is 465 g/mol. The Morgan fingerprint density at radius 1 is 1.11 bits per heavy atom. The molecule has 2 heterocycles. The molecule has 184 valence electrons. The quantitative estimate of drug-likeness (QED) is 0.490. The SMILES string of the molecule is CC(OC(=O)C1CCN(C(=O)Nc2ccccc2)CC1)c1nc(-c2cccc(C(F)(F)F)c2)no1. The smallest absolute Gasteiger partial charge is 0.416 e. The van der Waals surface area contributed by atoms with Gasteiger partial charge in [0.05, 0.1) is 11.5 Å². The van der Waals surface area contributed by atoms with Crippen LogP contribution in [-0.2, 0) is 15.7 Å². The highest BCUT2D eigenvalue weighted by atomic mass is 19.4. The average molecular weight is 488 g/mol. The summed E-state index contributed by atoms with van der Waals surface area (Å²) in [4.78, 5) is 30.8. The molecule has 0 bridgehead atoms. The lowest BCUT2D eigenvalue weighted by molar-refractivity contribution is -0.156. The normalized spacial score (nSPS) is 15.5. The van der Waals surface area contributed by atoms with Gasteiger partial charge in [-0.3, -0.25) is 4.79 Å².